The van der Waals surface area contributed by atoms with Crippen molar-refractivity contribution < 1.29 is 19.8 Å². The quantitative estimate of drug-likeness (QED) is 0.0388. The van der Waals surface area contributed by atoms with E-state index in [1.165, 1.54) is 154 Å². The summed E-state index contributed by atoms with van der Waals surface area (Å²) in [6.45, 7) is 4.52. The van der Waals surface area contributed by atoms with Gasteiger partial charge < -0.3 is 19.8 Å². The summed E-state index contributed by atoms with van der Waals surface area (Å²) in [7, 11) is 0. The summed E-state index contributed by atoms with van der Waals surface area (Å²) in [5.41, 5.74) is 0. The molecule has 0 bridgehead atoms. The van der Waals surface area contributed by atoms with Crippen LogP contribution in [0.3, 0.4) is 0 Å². The molecule has 2 unspecified atom stereocenters. The van der Waals surface area contributed by atoms with Gasteiger partial charge in [0.1, 0.15) is 0 Å². The molecule has 0 rings (SSSR count). The van der Waals surface area contributed by atoms with Crippen LogP contribution in [0.2, 0.25) is 0 Å². The zero-order valence-electron chi connectivity index (χ0n) is 28.5. The summed E-state index contributed by atoms with van der Waals surface area (Å²) >= 11 is 11.8. The van der Waals surface area contributed by atoms with Gasteiger partial charge in [0.15, 0.2) is 0 Å². The smallest absolute Gasteiger partial charge is 0.550 e. The van der Waals surface area contributed by atoms with Crippen LogP contribution < -0.4 is 10.2 Å². The molecule has 0 amide bonds. The first kappa shape index (κ1) is 48.5. The number of aliphatic carboxylic acids is 2. The normalized spacial score (nSPS) is 12.2. The van der Waals surface area contributed by atoms with E-state index >= 15 is 0 Å². The van der Waals surface area contributed by atoms with Crippen molar-refractivity contribution in [2.24, 2.45) is 0 Å². The van der Waals surface area contributed by atoms with E-state index in [-0.39, 0.29) is 72.5 Å². The van der Waals surface area contributed by atoms with Crippen molar-refractivity contribution in [1.82, 2.24) is 0 Å². The molecule has 0 aliphatic rings. The fraction of sp³-hybridized carbons (Fsp3) is 0.944. The molecule has 0 saturated heterocycles. The summed E-state index contributed by atoms with van der Waals surface area (Å²) in [5, 5.41) is 20.2. The number of carbonyl (C=O) groups excluding carboxylic acids is 2. The molecule has 0 fully saturated rings. The van der Waals surface area contributed by atoms with E-state index in [4.69, 9.17) is 23.2 Å². The van der Waals surface area contributed by atoms with Crippen molar-refractivity contribution in [1.29, 1.82) is 0 Å². The van der Waals surface area contributed by atoms with Gasteiger partial charge in [0.05, 0.1) is 0 Å². The third-order valence-electron chi connectivity index (χ3n) is 8.02. The maximum Gasteiger partial charge on any atom is 2.00 e. The third kappa shape index (κ3) is 47.6. The van der Waals surface area contributed by atoms with Gasteiger partial charge in [-0.05, 0) is 12.8 Å². The predicted octanol–water partition coefficient (Wildman–Crippen LogP) is 10.0. The largest absolute Gasteiger partial charge is 2.00 e. The third-order valence-corrected chi connectivity index (χ3v) is 8.76. The number of carboxylic acids is 2. The van der Waals surface area contributed by atoms with E-state index in [2.05, 4.69) is 13.8 Å². The molecule has 4 nitrogen and oxygen atoms in total. The second-order valence-electron chi connectivity index (χ2n) is 12.4. The fourth-order valence-electron chi connectivity index (χ4n) is 5.33. The van der Waals surface area contributed by atoms with Gasteiger partial charge in [-0.2, -0.15) is 0 Å². The number of unbranched alkanes of at least 4 members (excludes halogenated alkanes) is 24. The summed E-state index contributed by atoms with van der Waals surface area (Å²) in [5.74, 6) is -2.07. The Labute approximate surface area is 318 Å². The van der Waals surface area contributed by atoms with E-state index in [9.17, 15) is 19.8 Å². The number of rotatable bonds is 32. The average Bonchev–Trinajstić information content (AvgIpc) is 2.93. The predicted molar refractivity (Wildman–Crippen MR) is 185 cm³/mol. The van der Waals surface area contributed by atoms with E-state index in [1.807, 2.05) is 0 Å². The monoisotopic (exact) mass is 772 g/mol. The van der Waals surface area contributed by atoms with Crippen LogP contribution in [-0.4, -0.2) is 71.6 Å². The summed E-state index contributed by atoms with van der Waals surface area (Å²) < 4.78 is 0. The maximum atomic E-state index is 10.3. The Morgan fingerprint density at radius 2 is 0.605 bits per heavy atom. The Morgan fingerprint density at radius 1 is 0.419 bits per heavy atom. The Morgan fingerprint density at radius 3 is 0.791 bits per heavy atom. The van der Waals surface area contributed by atoms with Crippen LogP contribution in [0.5, 0.6) is 0 Å². The molecule has 0 spiro atoms. The Hall–Kier alpha value is 1.09. The van der Waals surface area contributed by atoms with Gasteiger partial charge in [-0.25, -0.2) is 0 Å². The van der Waals surface area contributed by atoms with Crippen molar-refractivity contribution in [3.63, 3.8) is 0 Å². The second-order valence-corrected chi connectivity index (χ2v) is 13.6. The van der Waals surface area contributed by atoms with Crippen molar-refractivity contribution >= 4 is 84.0 Å². The minimum Gasteiger partial charge on any atom is -0.550 e. The summed E-state index contributed by atoms with van der Waals surface area (Å²) in [4.78, 5) is 20.7. The van der Waals surface area contributed by atoms with Gasteiger partial charge in [0.2, 0.25) is 0 Å². The number of alkyl halides is 2. The number of hydrogen-bond acceptors (Lipinski definition) is 4. The van der Waals surface area contributed by atoms with Crippen molar-refractivity contribution in [3.05, 3.63) is 0 Å². The molecule has 252 valence electrons. The molecule has 7 heteroatoms. The molecule has 0 N–H and O–H groups in total. The minimum absolute atomic E-state index is 0. The maximum absolute atomic E-state index is 10.3. The van der Waals surface area contributed by atoms with Gasteiger partial charge >= 0.3 is 48.9 Å². The molecule has 0 aliphatic carbocycles. The van der Waals surface area contributed by atoms with Crippen LogP contribution in [0, 0.1) is 0 Å². The second kappa shape index (κ2) is 41.1. The van der Waals surface area contributed by atoms with Gasteiger partial charge in [0, 0.05) is 35.5 Å². The Balaban J connectivity index is -0.000000727. The van der Waals surface area contributed by atoms with Crippen LogP contribution in [0.15, 0.2) is 0 Å². The van der Waals surface area contributed by atoms with Crippen molar-refractivity contribution in [2.75, 3.05) is 0 Å². The van der Waals surface area contributed by atoms with Crippen LogP contribution in [0.25, 0.3) is 0 Å². The molecule has 0 saturated carbocycles. The molecule has 0 aromatic carbocycles. The fourth-order valence-corrected chi connectivity index (χ4v) is 5.89. The number of halogens is 2. The number of carboxylic acid groups (broad SMARTS) is 2. The molecular weight excluding hydrogens is 705 g/mol. The van der Waals surface area contributed by atoms with E-state index < -0.39 is 11.9 Å². The van der Waals surface area contributed by atoms with E-state index in [1.54, 1.807) is 0 Å². The minimum atomic E-state index is -1.04. The average molecular weight is 773 g/mol. The standard InChI is InChI=1S/2C18H35ClO2.Ba/c2*1-2-3-4-5-6-7-8-9-10-11-12-13-14-15-17(19)16-18(20)21;/h2*17H,2-16H2,1H3,(H,20,21);/q;;+2/p-2. The zero-order chi connectivity index (χ0) is 31.5. The van der Waals surface area contributed by atoms with Crippen LogP contribution in [0.4, 0.5) is 0 Å². The molecule has 0 aliphatic heterocycles. The number of carbonyl (C=O) groups is 2. The number of hydrogen-bond donors (Lipinski definition) is 0. The topological polar surface area (TPSA) is 80.3 Å². The Kier molecular flexibility index (Phi) is 46.4. The zero-order valence-corrected chi connectivity index (χ0v) is 34.4. The van der Waals surface area contributed by atoms with Crippen molar-refractivity contribution in [3.8, 4) is 0 Å². The van der Waals surface area contributed by atoms with Crippen LogP contribution in [-0.2, 0) is 9.59 Å². The van der Waals surface area contributed by atoms with Gasteiger partial charge in [-0.15, -0.1) is 23.2 Å². The Bertz CT molecular complexity index is 517. The molecule has 0 radical (unpaired) electrons. The van der Waals surface area contributed by atoms with Gasteiger partial charge in [0.25, 0.3) is 0 Å². The molecule has 0 heterocycles. The summed E-state index contributed by atoms with van der Waals surface area (Å²) in [6.07, 6.45) is 36.1. The molecular formula is C36H68BaCl2O4. The van der Waals surface area contributed by atoms with Crippen LogP contribution >= 0.6 is 23.2 Å². The first-order valence-corrected chi connectivity index (χ1v) is 18.9. The molecule has 43 heavy (non-hydrogen) atoms. The van der Waals surface area contributed by atoms with Gasteiger partial charge in [-0.3, -0.25) is 0 Å². The van der Waals surface area contributed by atoms with Gasteiger partial charge in [-0.1, -0.05) is 181 Å². The van der Waals surface area contributed by atoms with Crippen molar-refractivity contribution in [2.45, 2.75) is 217 Å². The molecule has 0 aromatic heterocycles. The van der Waals surface area contributed by atoms with E-state index in [0.717, 1.165) is 25.7 Å². The first-order valence-electron chi connectivity index (χ1n) is 18.0. The SMILES string of the molecule is CCCCCCCCCCCCCCCC(Cl)CC(=O)[O-].CCCCCCCCCCCCCCCC(Cl)CC(=O)[O-].[Ba+2]. The molecule has 2 atom stereocenters. The first-order chi connectivity index (χ1) is 20.3. The summed E-state index contributed by atoms with van der Waals surface area (Å²) in [6, 6.07) is 0. The van der Waals surface area contributed by atoms with Crippen LogP contribution in [0.1, 0.15) is 206 Å². The van der Waals surface area contributed by atoms with E-state index in [0.29, 0.717) is 0 Å². The molecule has 0 aromatic rings.